The SMILES string of the molecule is O=S(=O)(NCCc1csc(-c2cccnc2)n1)c1ccccc1. The molecule has 1 aromatic carbocycles. The molecule has 0 unspecified atom stereocenters. The van der Waals surface area contributed by atoms with Crippen LogP contribution in [0.15, 0.2) is 65.1 Å². The van der Waals surface area contributed by atoms with Crippen LogP contribution < -0.4 is 4.72 Å². The highest BCUT2D eigenvalue weighted by atomic mass is 32.2. The fourth-order valence-corrected chi connectivity index (χ4v) is 3.94. The van der Waals surface area contributed by atoms with Crippen molar-refractivity contribution in [2.24, 2.45) is 0 Å². The van der Waals surface area contributed by atoms with Crippen molar-refractivity contribution in [3.8, 4) is 10.6 Å². The molecule has 23 heavy (non-hydrogen) atoms. The maximum Gasteiger partial charge on any atom is 0.240 e. The Labute approximate surface area is 139 Å². The molecule has 2 aromatic heterocycles. The summed E-state index contributed by atoms with van der Waals surface area (Å²) in [6.07, 6.45) is 4.03. The Morgan fingerprint density at radius 3 is 2.65 bits per heavy atom. The Morgan fingerprint density at radius 1 is 1.09 bits per heavy atom. The molecule has 0 radical (unpaired) electrons. The van der Waals surface area contributed by atoms with Gasteiger partial charge in [0, 0.05) is 36.3 Å². The van der Waals surface area contributed by atoms with Gasteiger partial charge < -0.3 is 0 Å². The zero-order valence-electron chi connectivity index (χ0n) is 12.2. The highest BCUT2D eigenvalue weighted by Gasteiger charge is 2.13. The zero-order valence-corrected chi connectivity index (χ0v) is 13.8. The van der Waals surface area contributed by atoms with E-state index in [0.29, 0.717) is 13.0 Å². The Balaban J connectivity index is 1.61. The summed E-state index contributed by atoms with van der Waals surface area (Å²) in [5.41, 5.74) is 1.83. The molecule has 0 aliphatic rings. The molecular formula is C16H15N3O2S2. The molecule has 0 saturated heterocycles. The first-order chi connectivity index (χ1) is 11.1. The van der Waals surface area contributed by atoms with Crippen LogP contribution in [0, 0.1) is 0 Å². The fraction of sp³-hybridized carbons (Fsp3) is 0.125. The van der Waals surface area contributed by atoms with Gasteiger partial charge in [0.15, 0.2) is 0 Å². The first-order valence-electron chi connectivity index (χ1n) is 7.05. The molecule has 0 aliphatic heterocycles. The zero-order chi connectivity index (χ0) is 16.1. The van der Waals surface area contributed by atoms with Crippen molar-refractivity contribution >= 4 is 21.4 Å². The predicted molar refractivity (Wildman–Crippen MR) is 90.7 cm³/mol. The highest BCUT2D eigenvalue weighted by molar-refractivity contribution is 7.89. The van der Waals surface area contributed by atoms with Crippen molar-refractivity contribution < 1.29 is 8.42 Å². The Morgan fingerprint density at radius 2 is 1.91 bits per heavy atom. The number of pyridine rings is 1. The number of nitrogens with one attached hydrogen (secondary N) is 1. The van der Waals surface area contributed by atoms with E-state index in [2.05, 4.69) is 14.7 Å². The molecule has 7 heteroatoms. The van der Waals surface area contributed by atoms with E-state index in [4.69, 9.17) is 0 Å². The summed E-state index contributed by atoms with van der Waals surface area (Å²) in [5, 5.41) is 2.83. The molecule has 0 amide bonds. The molecule has 0 bridgehead atoms. The van der Waals surface area contributed by atoms with E-state index < -0.39 is 10.0 Å². The molecule has 2 heterocycles. The second-order valence-corrected chi connectivity index (χ2v) is 7.47. The molecule has 3 rings (SSSR count). The molecule has 0 aliphatic carbocycles. The van der Waals surface area contributed by atoms with E-state index in [-0.39, 0.29) is 4.90 Å². The molecule has 5 nitrogen and oxygen atoms in total. The van der Waals surface area contributed by atoms with Crippen LogP contribution in [0.1, 0.15) is 5.69 Å². The van der Waals surface area contributed by atoms with Gasteiger partial charge in [0.1, 0.15) is 5.01 Å². The van der Waals surface area contributed by atoms with Gasteiger partial charge in [-0.05, 0) is 24.3 Å². The van der Waals surface area contributed by atoms with Gasteiger partial charge in [-0.15, -0.1) is 11.3 Å². The van der Waals surface area contributed by atoms with Crippen LogP contribution in [0.3, 0.4) is 0 Å². The third-order valence-electron chi connectivity index (χ3n) is 3.19. The number of benzene rings is 1. The van der Waals surface area contributed by atoms with E-state index in [1.54, 1.807) is 42.7 Å². The number of nitrogens with zero attached hydrogens (tertiary/aromatic N) is 2. The lowest BCUT2D eigenvalue weighted by Gasteiger charge is -2.05. The van der Waals surface area contributed by atoms with Crippen molar-refractivity contribution in [2.75, 3.05) is 6.54 Å². The lowest BCUT2D eigenvalue weighted by Crippen LogP contribution is -2.26. The average molecular weight is 345 g/mol. The van der Waals surface area contributed by atoms with Crippen LogP contribution in [-0.4, -0.2) is 24.9 Å². The monoisotopic (exact) mass is 345 g/mol. The molecule has 0 fully saturated rings. The van der Waals surface area contributed by atoms with E-state index in [9.17, 15) is 8.42 Å². The van der Waals surface area contributed by atoms with Gasteiger partial charge >= 0.3 is 0 Å². The summed E-state index contributed by atoms with van der Waals surface area (Å²) >= 11 is 1.53. The van der Waals surface area contributed by atoms with Gasteiger partial charge in [0.05, 0.1) is 10.6 Å². The Hall–Kier alpha value is -2.09. The standard InChI is InChI=1S/C16H15N3O2S2/c20-23(21,15-6-2-1-3-7-15)18-10-8-14-12-22-16(19-14)13-5-4-9-17-11-13/h1-7,9,11-12,18H,8,10H2. The second kappa shape index (κ2) is 6.99. The average Bonchev–Trinajstić information content (AvgIpc) is 3.05. The molecule has 0 atom stereocenters. The summed E-state index contributed by atoms with van der Waals surface area (Å²) in [6, 6.07) is 12.2. The minimum atomic E-state index is -3.46. The lowest BCUT2D eigenvalue weighted by atomic mass is 10.3. The maximum atomic E-state index is 12.1. The van der Waals surface area contributed by atoms with Crippen molar-refractivity contribution in [3.05, 3.63) is 65.9 Å². The van der Waals surface area contributed by atoms with Crippen LogP contribution in [-0.2, 0) is 16.4 Å². The smallest absolute Gasteiger partial charge is 0.240 e. The van der Waals surface area contributed by atoms with E-state index in [1.807, 2.05) is 17.5 Å². The van der Waals surface area contributed by atoms with Crippen molar-refractivity contribution in [1.29, 1.82) is 0 Å². The van der Waals surface area contributed by atoms with Crippen molar-refractivity contribution in [3.63, 3.8) is 0 Å². The van der Waals surface area contributed by atoms with Crippen molar-refractivity contribution in [1.82, 2.24) is 14.7 Å². The van der Waals surface area contributed by atoms with Gasteiger partial charge in [-0.1, -0.05) is 18.2 Å². The van der Waals surface area contributed by atoms with Crippen LogP contribution in [0.25, 0.3) is 10.6 Å². The van der Waals surface area contributed by atoms with E-state index in [1.165, 1.54) is 11.3 Å². The number of thiazole rings is 1. The maximum absolute atomic E-state index is 12.1. The Kier molecular flexibility index (Phi) is 4.80. The highest BCUT2D eigenvalue weighted by Crippen LogP contribution is 2.22. The first-order valence-corrected chi connectivity index (χ1v) is 9.41. The van der Waals surface area contributed by atoms with Gasteiger partial charge in [-0.25, -0.2) is 18.1 Å². The summed E-state index contributed by atoms with van der Waals surface area (Å²) < 4.78 is 26.8. The molecule has 118 valence electrons. The molecule has 0 spiro atoms. The minimum absolute atomic E-state index is 0.273. The molecule has 3 aromatic rings. The quantitative estimate of drug-likeness (QED) is 0.746. The molecule has 1 N–H and O–H groups in total. The van der Waals surface area contributed by atoms with E-state index >= 15 is 0 Å². The van der Waals surface area contributed by atoms with Crippen LogP contribution in [0.2, 0.25) is 0 Å². The van der Waals surface area contributed by atoms with Crippen LogP contribution in [0.5, 0.6) is 0 Å². The number of rotatable bonds is 6. The summed E-state index contributed by atoms with van der Waals surface area (Å²) in [7, 11) is -3.46. The van der Waals surface area contributed by atoms with Gasteiger partial charge in [-0.2, -0.15) is 0 Å². The normalized spacial score (nSPS) is 11.5. The largest absolute Gasteiger partial charge is 0.264 e. The van der Waals surface area contributed by atoms with Crippen molar-refractivity contribution in [2.45, 2.75) is 11.3 Å². The number of hydrogen-bond acceptors (Lipinski definition) is 5. The summed E-state index contributed by atoms with van der Waals surface area (Å²) in [5.74, 6) is 0. The Bertz CT molecular complexity index is 863. The van der Waals surface area contributed by atoms with Gasteiger partial charge in [-0.3, -0.25) is 4.98 Å². The third-order valence-corrected chi connectivity index (χ3v) is 5.60. The predicted octanol–water partition coefficient (Wildman–Crippen LogP) is 2.73. The summed E-state index contributed by atoms with van der Waals surface area (Å²) in [4.78, 5) is 8.86. The lowest BCUT2D eigenvalue weighted by molar-refractivity contribution is 0.581. The van der Waals surface area contributed by atoms with Crippen LogP contribution >= 0.6 is 11.3 Å². The molecular weight excluding hydrogens is 330 g/mol. The van der Waals surface area contributed by atoms with E-state index in [0.717, 1.165) is 16.3 Å². The summed E-state index contributed by atoms with van der Waals surface area (Å²) in [6.45, 7) is 0.313. The number of sulfonamides is 1. The van der Waals surface area contributed by atoms with Crippen LogP contribution in [0.4, 0.5) is 0 Å². The fourth-order valence-electron chi connectivity index (χ4n) is 2.04. The second-order valence-electron chi connectivity index (χ2n) is 4.85. The first kappa shape index (κ1) is 15.8. The third kappa shape index (κ3) is 4.01. The number of hydrogen-bond donors (Lipinski definition) is 1. The van der Waals surface area contributed by atoms with Gasteiger partial charge in [0.25, 0.3) is 0 Å². The number of aromatic nitrogens is 2. The van der Waals surface area contributed by atoms with Gasteiger partial charge in [0.2, 0.25) is 10.0 Å². The molecule has 0 saturated carbocycles. The topological polar surface area (TPSA) is 72.0 Å². The minimum Gasteiger partial charge on any atom is -0.264 e.